The minimum Gasteiger partial charge on any atom is -0.431 e. The molecule has 126 valence electrons. The largest absolute Gasteiger partial charge is 0.431 e. The molecule has 3 aromatic carbocycles. The van der Waals surface area contributed by atoms with Gasteiger partial charge in [-0.3, -0.25) is 0 Å². The molecule has 0 aliphatic heterocycles. The highest BCUT2D eigenvalue weighted by molar-refractivity contribution is 5.86. The molecule has 1 aromatic heterocycles. The number of aromatic nitrogens is 1. The lowest BCUT2D eigenvalue weighted by atomic mass is 10.1. The molecule has 1 heterocycles. The van der Waals surface area contributed by atoms with Crippen molar-refractivity contribution in [1.29, 1.82) is 0 Å². The van der Waals surface area contributed by atoms with E-state index in [2.05, 4.69) is 4.98 Å². The van der Waals surface area contributed by atoms with Crippen molar-refractivity contribution in [2.24, 2.45) is 0 Å². The van der Waals surface area contributed by atoms with Crippen molar-refractivity contribution in [3.8, 4) is 28.2 Å². The molecule has 0 fully saturated rings. The van der Waals surface area contributed by atoms with Gasteiger partial charge < -0.3 is 9.15 Å². The predicted molar refractivity (Wildman–Crippen MR) is 98.8 cm³/mol. The quantitative estimate of drug-likeness (QED) is 0.377. The van der Waals surface area contributed by atoms with Gasteiger partial charge >= 0.3 is 11.9 Å². The van der Waals surface area contributed by atoms with Gasteiger partial charge in [-0.1, -0.05) is 72.8 Å². The van der Waals surface area contributed by atoms with Crippen LogP contribution in [-0.4, -0.2) is 11.0 Å². The van der Waals surface area contributed by atoms with E-state index in [1.165, 1.54) is 6.20 Å². The summed E-state index contributed by atoms with van der Waals surface area (Å²) in [5.41, 5.74) is 3.00. The van der Waals surface area contributed by atoms with Gasteiger partial charge in [0.2, 0.25) is 0 Å². The fourth-order valence-corrected chi connectivity index (χ4v) is 2.60. The van der Waals surface area contributed by atoms with Crippen molar-refractivity contribution in [1.82, 2.24) is 4.98 Å². The van der Waals surface area contributed by atoms with E-state index in [4.69, 9.17) is 9.15 Å². The van der Waals surface area contributed by atoms with Crippen LogP contribution in [0.3, 0.4) is 0 Å². The Morgan fingerprint density at radius 1 is 0.731 bits per heavy atom. The summed E-state index contributed by atoms with van der Waals surface area (Å²) in [7, 11) is 0. The Balaban J connectivity index is 1.48. The Bertz CT molecular complexity index is 1010. The lowest BCUT2D eigenvalue weighted by Crippen LogP contribution is -2.08. The van der Waals surface area contributed by atoms with Crippen LogP contribution in [0.5, 0.6) is 5.75 Å². The molecule has 0 N–H and O–H groups in total. The first kappa shape index (κ1) is 15.8. The SMILES string of the molecule is O=C(Oc1ccc(-c2ccccc2)cc1)c1ncc(-c2ccccc2)o1. The highest BCUT2D eigenvalue weighted by Crippen LogP contribution is 2.24. The van der Waals surface area contributed by atoms with Crippen LogP contribution in [0.4, 0.5) is 0 Å². The summed E-state index contributed by atoms with van der Waals surface area (Å²) in [5.74, 6) is 0.266. The predicted octanol–water partition coefficient (Wildman–Crippen LogP) is 5.23. The van der Waals surface area contributed by atoms with E-state index in [0.29, 0.717) is 11.5 Å². The average molecular weight is 341 g/mol. The molecule has 0 saturated heterocycles. The zero-order chi connectivity index (χ0) is 17.8. The monoisotopic (exact) mass is 341 g/mol. The van der Waals surface area contributed by atoms with Crippen LogP contribution in [0.15, 0.2) is 95.5 Å². The second kappa shape index (κ2) is 7.07. The van der Waals surface area contributed by atoms with Gasteiger partial charge in [-0.2, -0.15) is 0 Å². The highest BCUT2D eigenvalue weighted by atomic mass is 16.5. The molecule has 0 amide bonds. The number of hydrogen-bond donors (Lipinski definition) is 0. The van der Waals surface area contributed by atoms with E-state index in [1.807, 2.05) is 72.8 Å². The standard InChI is InChI=1S/C22H15NO3/c24-22(21-23-15-20(26-21)18-9-5-2-6-10-18)25-19-13-11-17(12-14-19)16-7-3-1-4-8-16/h1-15H. The van der Waals surface area contributed by atoms with Gasteiger partial charge in [0.15, 0.2) is 5.76 Å². The molecule has 0 spiro atoms. The summed E-state index contributed by atoms with van der Waals surface area (Å²) in [6.07, 6.45) is 1.52. The zero-order valence-electron chi connectivity index (χ0n) is 13.8. The molecular formula is C22H15NO3. The Morgan fingerprint density at radius 3 is 1.96 bits per heavy atom. The van der Waals surface area contributed by atoms with Crippen LogP contribution in [0.1, 0.15) is 10.7 Å². The Morgan fingerprint density at radius 2 is 1.31 bits per heavy atom. The topological polar surface area (TPSA) is 52.3 Å². The molecule has 0 bridgehead atoms. The number of nitrogens with zero attached hydrogens (tertiary/aromatic N) is 1. The van der Waals surface area contributed by atoms with Crippen molar-refractivity contribution in [2.75, 3.05) is 0 Å². The maximum Gasteiger partial charge on any atom is 0.400 e. The Labute approximate surface area is 150 Å². The number of esters is 1. The van der Waals surface area contributed by atoms with Crippen molar-refractivity contribution >= 4 is 5.97 Å². The lowest BCUT2D eigenvalue weighted by Gasteiger charge is -2.04. The third-order valence-corrected chi connectivity index (χ3v) is 3.91. The summed E-state index contributed by atoms with van der Waals surface area (Å²) in [6, 6.07) is 26.8. The normalized spacial score (nSPS) is 10.5. The van der Waals surface area contributed by atoms with Gasteiger partial charge in [0.25, 0.3) is 0 Å². The average Bonchev–Trinajstić information content (AvgIpc) is 3.20. The Hall–Kier alpha value is -3.66. The van der Waals surface area contributed by atoms with E-state index < -0.39 is 5.97 Å². The number of rotatable bonds is 4. The number of oxazole rings is 1. The first-order valence-electron chi connectivity index (χ1n) is 8.18. The van der Waals surface area contributed by atoms with E-state index in [1.54, 1.807) is 12.1 Å². The molecule has 4 aromatic rings. The molecule has 0 aliphatic rings. The maximum absolute atomic E-state index is 12.2. The van der Waals surface area contributed by atoms with Gasteiger partial charge in [0.05, 0.1) is 6.20 Å². The molecule has 0 saturated carbocycles. The van der Waals surface area contributed by atoms with Crippen molar-refractivity contribution in [3.63, 3.8) is 0 Å². The smallest absolute Gasteiger partial charge is 0.400 e. The van der Waals surface area contributed by atoms with Gasteiger partial charge in [0.1, 0.15) is 5.75 Å². The molecule has 0 atom stereocenters. The fourth-order valence-electron chi connectivity index (χ4n) is 2.60. The summed E-state index contributed by atoms with van der Waals surface area (Å²) < 4.78 is 10.9. The van der Waals surface area contributed by atoms with Gasteiger partial charge in [-0.25, -0.2) is 9.78 Å². The van der Waals surface area contributed by atoms with Gasteiger partial charge in [0, 0.05) is 5.56 Å². The molecule has 4 rings (SSSR count). The van der Waals surface area contributed by atoms with Crippen LogP contribution < -0.4 is 4.74 Å². The van der Waals surface area contributed by atoms with Crippen LogP contribution in [-0.2, 0) is 0 Å². The van der Waals surface area contributed by atoms with Gasteiger partial charge in [-0.05, 0) is 23.3 Å². The third-order valence-electron chi connectivity index (χ3n) is 3.91. The second-order valence-corrected chi connectivity index (χ2v) is 5.68. The minimum absolute atomic E-state index is 0.0732. The minimum atomic E-state index is -0.625. The summed E-state index contributed by atoms with van der Waals surface area (Å²) in [6.45, 7) is 0. The number of ether oxygens (including phenoxy) is 1. The van der Waals surface area contributed by atoms with Gasteiger partial charge in [-0.15, -0.1) is 0 Å². The van der Waals surface area contributed by atoms with Crippen LogP contribution in [0.25, 0.3) is 22.5 Å². The van der Waals surface area contributed by atoms with Crippen LogP contribution in [0, 0.1) is 0 Å². The molecule has 4 nitrogen and oxygen atoms in total. The molecular weight excluding hydrogens is 326 g/mol. The van der Waals surface area contributed by atoms with Crippen LogP contribution in [0.2, 0.25) is 0 Å². The fraction of sp³-hybridized carbons (Fsp3) is 0. The number of benzene rings is 3. The number of carbonyl (C=O) groups is 1. The first-order valence-corrected chi connectivity index (χ1v) is 8.18. The molecule has 4 heteroatoms. The summed E-state index contributed by atoms with van der Waals surface area (Å²) in [5, 5.41) is 0. The molecule has 0 radical (unpaired) electrons. The van der Waals surface area contributed by atoms with Crippen LogP contribution >= 0.6 is 0 Å². The lowest BCUT2D eigenvalue weighted by molar-refractivity contribution is 0.0694. The second-order valence-electron chi connectivity index (χ2n) is 5.68. The van der Waals surface area contributed by atoms with Crippen molar-refractivity contribution in [3.05, 3.63) is 97.0 Å². The number of carbonyl (C=O) groups excluding carboxylic acids is 1. The number of hydrogen-bond acceptors (Lipinski definition) is 4. The Kier molecular flexibility index (Phi) is 4.31. The van der Waals surface area contributed by atoms with E-state index in [-0.39, 0.29) is 5.89 Å². The third kappa shape index (κ3) is 3.39. The molecule has 0 aliphatic carbocycles. The first-order chi connectivity index (χ1) is 12.8. The van der Waals surface area contributed by atoms with E-state index in [0.717, 1.165) is 16.7 Å². The van der Waals surface area contributed by atoms with E-state index in [9.17, 15) is 4.79 Å². The van der Waals surface area contributed by atoms with Crippen molar-refractivity contribution in [2.45, 2.75) is 0 Å². The van der Waals surface area contributed by atoms with E-state index >= 15 is 0 Å². The summed E-state index contributed by atoms with van der Waals surface area (Å²) in [4.78, 5) is 16.2. The molecule has 26 heavy (non-hydrogen) atoms. The zero-order valence-corrected chi connectivity index (χ0v) is 13.8. The maximum atomic E-state index is 12.2. The van der Waals surface area contributed by atoms with Crippen molar-refractivity contribution < 1.29 is 13.9 Å². The summed E-state index contributed by atoms with van der Waals surface area (Å²) >= 11 is 0. The molecule has 0 unspecified atom stereocenters. The highest BCUT2D eigenvalue weighted by Gasteiger charge is 2.16.